The van der Waals surface area contributed by atoms with Crippen molar-refractivity contribution >= 4 is 5.71 Å². The summed E-state index contributed by atoms with van der Waals surface area (Å²) >= 11 is 0. The molecule has 0 aromatic carbocycles. The van der Waals surface area contributed by atoms with Crippen LogP contribution < -0.4 is 0 Å². The maximum atomic E-state index is 8.48. The Morgan fingerprint density at radius 3 is 2.67 bits per heavy atom. The molecule has 0 heterocycles. The van der Waals surface area contributed by atoms with E-state index in [1.54, 1.807) is 0 Å². The van der Waals surface area contributed by atoms with E-state index in [-0.39, 0.29) is 0 Å². The SMILES string of the molecule is ON=C1C[C@H]2CC[C@H]1C2. The third-order valence-electron chi connectivity index (χ3n) is 2.64. The maximum Gasteiger partial charge on any atom is 0.0604 e. The quantitative estimate of drug-likeness (QED) is 0.387. The average molecular weight is 125 g/mol. The average Bonchev–Trinajstić information content (AvgIpc) is 2.45. The molecule has 2 atom stereocenters. The Labute approximate surface area is 54.6 Å². The third-order valence-corrected chi connectivity index (χ3v) is 2.64. The van der Waals surface area contributed by atoms with Crippen molar-refractivity contribution in [2.45, 2.75) is 25.7 Å². The molecule has 0 radical (unpaired) electrons. The first kappa shape index (κ1) is 5.27. The van der Waals surface area contributed by atoms with Crippen molar-refractivity contribution in [3.8, 4) is 0 Å². The van der Waals surface area contributed by atoms with E-state index in [9.17, 15) is 0 Å². The van der Waals surface area contributed by atoms with Gasteiger partial charge in [0, 0.05) is 5.92 Å². The highest BCUT2D eigenvalue weighted by Crippen LogP contribution is 2.42. The fourth-order valence-electron chi connectivity index (χ4n) is 2.15. The molecule has 0 unspecified atom stereocenters. The Morgan fingerprint density at radius 1 is 1.44 bits per heavy atom. The van der Waals surface area contributed by atoms with Gasteiger partial charge in [0.25, 0.3) is 0 Å². The summed E-state index contributed by atoms with van der Waals surface area (Å²) in [6.07, 6.45) is 4.99. The standard InChI is InChI=1S/C7H11NO/c9-8-7-4-5-1-2-6(7)3-5/h5-6,9H,1-4H2/t5-,6-/m0/s1. The van der Waals surface area contributed by atoms with E-state index in [0.29, 0.717) is 5.92 Å². The van der Waals surface area contributed by atoms with Gasteiger partial charge in [0.15, 0.2) is 0 Å². The van der Waals surface area contributed by atoms with E-state index in [0.717, 1.165) is 18.1 Å². The zero-order chi connectivity index (χ0) is 6.27. The molecular weight excluding hydrogens is 114 g/mol. The van der Waals surface area contributed by atoms with Crippen LogP contribution >= 0.6 is 0 Å². The van der Waals surface area contributed by atoms with Gasteiger partial charge in [0.05, 0.1) is 5.71 Å². The van der Waals surface area contributed by atoms with Crippen molar-refractivity contribution in [3.05, 3.63) is 0 Å². The van der Waals surface area contributed by atoms with Crippen LogP contribution in [-0.4, -0.2) is 10.9 Å². The summed E-state index contributed by atoms with van der Waals surface area (Å²) in [7, 11) is 0. The molecule has 2 aliphatic rings. The van der Waals surface area contributed by atoms with Gasteiger partial charge in [-0.2, -0.15) is 0 Å². The zero-order valence-corrected chi connectivity index (χ0v) is 5.38. The van der Waals surface area contributed by atoms with Gasteiger partial charge in [-0.05, 0) is 31.6 Å². The molecule has 0 amide bonds. The summed E-state index contributed by atoms with van der Waals surface area (Å²) in [6, 6.07) is 0. The van der Waals surface area contributed by atoms with Crippen molar-refractivity contribution in [1.29, 1.82) is 0 Å². The summed E-state index contributed by atoms with van der Waals surface area (Å²) in [5.41, 5.74) is 1.06. The molecule has 0 aromatic rings. The Morgan fingerprint density at radius 2 is 2.33 bits per heavy atom. The fourth-order valence-corrected chi connectivity index (χ4v) is 2.15. The van der Waals surface area contributed by atoms with Crippen molar-refractivity contribution in [2.24, 2.45) is 17.0 Å². The Bertz CT molecular complexity index is 153. The molecule has 0 aliphatic heterocycles. The largest absolute Gasteiger partial charge is 0.411 e. The first-order chi connectivity index (χ1) is 4.40. The molecule has 2 bridgehead atoms. The first-order valence-electron chi connectivity index (χ1n) is 3.61. The second kappa shape index (κ2) is 1.72. The molecule has 2 fully saturated rings. The lowest BCUT2D eigenvalue weighted by atomic mass is 9.99. The smallest absolute Gasteiger partial charge is 0.0604 e. The monoisotopic (exact) mass is 125 g/mol. The van der Waals surface area contributed by atoms with E-state index in [4.69, 9.17) is 5.21 Å². The minimum Gasteiger partial charge on any atom is -0.411 e. The molecule has 2 nitrogen and oxygen atoms in total. The lowest BCUT2D eigenvalue weighted by molar-refractivity contribution is 0.313. The highest BCUT2D eigenvalue weighted by atomic mass is 16.4. The Kier molecular flexibility index (Phi) is 1.01. The number of hydrogen-bond acceptors (Lipinski definition) is 2. The van der Waals surface area contributed by atoms with E-state index in [1.165, 1.54) is 19.3 Å². The van der Waals surface area contributed by atoms with Gasteiger partial charge in [-0.3, -0.25) is 0 Å². The van der Waals surface area contributed by atoms with Crippen LogP contribution in [0.25, 0.3) is 0 Å². The van der Waals surface area contributed by atoms with Gasteiger partial charge in [0.2, 0.25) is 0 Å². The normalized spacial score (nSPS) is 44.7. The van der Waals surface area contributed by atoms with Gasteiger partial charge < -0.3 is 5.21 Å². The van der Waals surface area contributed by atoms with E-state index >= 15 is 0 Å². The van der Waals surface area contributed by atoms with Crippen LogP contribution in [0.15, 0.2) is 5.16 Å². The van der Waals surface area contributed by atoms with Crippen LogP contribution in [0.2, 0.25) is 0 Å². The van der Waals surface area contributed by atoms with Crippen LogP contribution in [0.4, 0.5) is 0 Å². The molecule has 9 heavy (non-hydrogen) atoms. The molecule has 2 rings (SSSR count). The van der Waals surface area contributed by atoms with E-state index in [2.05, 4.69) is 5.16 Å². The number of nitrogens with zero attached hydrogens (tertiary/aromatic N) is 1. The molecule has 0 spiro atoms. The zero-order valence-electron chi connectivity index (χ0n) is 5.38. The molecule has 0 saturated heterocycles. The fraction of sp³-hybridized carbons (Fsp3) is 0.857. The lowest BCUT2D eigenvalue weighted by Crippen LogP contribution is -2.08. The topological polar surface area (TPSA) is 32.6 Å². The molecule has 0 aromatic heterocycles. The second-order valence-corrected chi connectivity index (χ2v) is 3.17. The van der Waals surface area contributed by atoms with E-state index in [1.807, 2.05) is 0 Å². The van der Waals surface area contributed by atoms with Crippen LogP contribution in [0.5, 0.6) is 0 Å². The summed E-state index contributed by atoms with van der Waals surface area (Å²) in [5.74, 6) is 1.51. The van der Waals surface area contributed by atoms with Crippen molar-refractivity contribution in [2.75, 3.05) is 0 Å². The van der Waals surface area contributed by atoms with Crippen molar-refractivity contribution < 1.29 is 5.21 Å². The molecular formula is C7H11NO. The van der Waals surface area contributed by atoms with E-state index < -0.39 is 0 Å². The summed E-state index contributed by atoms with van der Waals surface area (Å²) in [6.45, 7) is 0. The molecule has 2 heteroatoms. The highest BCUT2D eigenvalue weighted by Gasteiger charge is 2.36. The number of rotatable bonds is 0. The predicted molar refractivity (Wildman–Crippen MR) is 34.7 cm³/mol. The molecule has 1 N–H and O–H groups in total. The van der Waals surface area contributed by atoms with Crippen molar-refractivity contribution in [3.63, 3.8) is 0 Å². The first-order valence-corrected chi connectivity index (χ1v) is 3.61. The molecule has 2 saturated carbocycles. The van der Waals surface area contributed by atoms with Gasteiger partial charge in [-0.25, -0.2) is 0 Å². The molecule has 2 aliphatic carbocycles. The van der Waals surface area contributed by atoms with Gasteiger partial charge in [-0.15, -0.1) is 0 Å². The minimum absolute atomic E-state index is 0.653. The Hall–Kier alpha value is -0.530. The van der Waals surface area contributed by atoms with Gasteiger partial charge >= 0.3 is 0 Å². The second-order valence-electron chi connectivity index (χ2n) is 3.17. The summed E-state index contributed by atoms with van der Waals surface area (Å²) in [4.78, 5) is 0. The minimum atomic E-state index is 0.653. The van der Waals surface area contributed by atoms with Gasteiger partial charge in [0.1, 0.15) is 0 Å². The highest BCUT2D eigenvalue weighted by molar-refractivity contribution is 5.89. The third kappa shape index (κ3) is 0.655. The summed E-state index contributed by atoms with van der Waals surface area (Å²) < 4.78 is 0. The number of oxime groups is 1. The maximum absolute atomic E-state index is 8.48. The van der Waals surface area contributed by atoms with Crippen molar-refractivity contribution in [1.82, 2.24) is 0 Å². The van der Waals surface area contributed by atoms with Crippen LogP contribution in [-0.2, 0) is 0 Å². The van der Waals surface area contributed by atoms with Gasteiger partial charge in [-0.1, -0.05) is 5.16 Å². The van der Waals surface area contributed by atoms with Crippen LogP contribution in [0, 0.1) is 11.8 Å². The van der Waals surface area contributed by atoms with Crippen LogP contribution in [0.1, 0.15) is 25.7 Å². The summed E-state index contributed by atoms with van der Waals surface area (Å²) in [5, 5.41) is 11.8. The molecule has 50 valence electrons. The van der Waals surface area contributed by atoms with Crippen LogP contribution in [0.3, 0.4) is 0 Å². The number of hydrogen-bond donors (Lipinski definition) is 1. The lowest BCUT2D eigenvalue weighted by Gasteiger charge is -2.08. The Balaban J connectivity index is 2.18. The predicted octanol–water partition coefficient (Wildman–Crippen LogP) is 1.64. The number of fused-ring (bicyclic) bond motifs is 2.